The molecule has 6 rings (SSSR count). The minimum Gasteiger partial charge on any atom is -0.509 e. The molecule has 0 radical (unpaired) electrons. The molecule has 2 saturated heterocycles. The van der Waals surface area contributed by atoms with Gasteiger partial charge in [0.05, 0.1) is 63.9 Å². The van der Waals surface area contributed by atoms with Crippen molar-refractivity contribution in [1.82, 2.24) is 35.5 Å². The third kappa shape index (κ3) is 17.8. The third-order valence-corrected chi connectivity index (χ3v) is 12.7. The number of ketones is 2. The first-order valence-corrected chi connectivity index (χ1v) is 24.3. The normalized spacial score (nSPS) is 18.9. The molecule has 0 aliphatic carbocycles. The van der Waals surface area contributed by atoms with Crippen LogP contribution in [0, 0.1) is 17.8 Å². The predicted octanol–water partition coefficient (Wildman–Crippen LogP) is 2.99. The molecule has 2 aromatic carbocycles. The predicted molar refractivity (Wildman–Crippen MR) is 268 cm³/mol. The number of hydrogen-bond donors (Lipinski definition) is 6. The summed E-state index contributed by atoms with van der Waals surface area (Å²) in [6.45, 7) is 11.3. The summed E-state index contributed by atoms with van der Waals surface area (Å²) in [4.78, 5) is 70.0. The van der Waals surface area contributed by atoms with Gasteiger partial charge in [-0.15, -0.1) is 0 Å². The number of aromatic nitrogens is 4. The number of quaternary nitrogens is 1. The van der Waals surface area contributed by atoms with Gasteiger partial charge in [0.25, 0.3) is 5.91 Å². The zero-order valence-corrected chi connectivity index (χ0v) is 41.7. The Balaban J connectivity index is 0.000000267. The lowest BCUT2D eigenvalue weighted by molar-refractivity contribution is -0.801. The number of nitrogens with zero attached hydrogens (tertiary/aromatic N) is 6. The van der Waals surface area contributed by atoms with Crippen LogP contribution in [0.25, 0.3) is 0 Å². The average molecular weight is 969 g/mol. The van der Waals surface area contributed by atoms with E-state index < -0.39 is 37.6 Å². The lowest BCUT2D eigenvalue weighted by Gasteiger charge is -2.48. The molecular formula is C50H74B2N8O10. The molecule has 4 aromatic rings. The van der Waals surface area contributed by atoms with Crippen molar-refractivity contribution in [2.24, 2.45) is 17.8 Å². The van der Waals surface area contributed by atoms with Crippen LogP contribution in [0.1, 0.15) is 85.5 Å². The van der Waals surface area contributed by atoms with E-state index in [9.17, 15) is 29.2 Å². The molecule has 0 spiro atoms. The second-order valence-corrected chi connectivity index (χ2v) is 19.3. The highest BCUT2D eigenvalue weighted by molar-refractivity contribution is 6.62. The van der Waals surface area contributed by atoms with Gasteiger partial charge in [-0.25, -0.2) is 9.97 Å². The van der Waals surface area contributed by atoms with E-state index in [1.165, 1.54) is 37.2 Å². The smallest absolute Gasteiger partial charge is 0.476 e. The van der Waals surface area contributed by atoms with E-state index in [1.54, 1.807) is 0 Å². The molecule has 20 heteroatoms. The molecule has 0 bridgehead atoms. The van der Waals surface area contributed by atoms with Gasteiger partial charge in [-0.2, -0.15) is 0 Å². The van der Waals surface area contributed by atoms with Crippen LogP contribution < -0.4 is 10.6 Å². The fraction of sp³-hybridized carbons (Fsp3) is 0.520. The Morgan fingerprint density at radius 1 is 0.743 bits per heavy atom. The van der Waals surface area contributed by atoms with Crippen LogP contribution in [0.3, 0.4) is 0 Å². The van der Waals surface area contributed by atoms with Gasteiger partial charge in [0.2, 0.25) is 5.91 Å². The number of aliphatic hydroxyl groups excluding tert-OH is 2. The third-order valence-electron chi connectivity index (χ3n) is 12.7. The Hall–Kier alpha value is -5.31. The minimum absolute atomic E-state index is 0.0134. The Bertz CT molecular complexity index is 2150. The number of amides is 2. The van der Waals surface area contributed by atoms with E-state index in [2.05, 4.69) is 51.5 Å². The first kappa shape index (κ1) is 57.3. The number of aliphatic hydroxyl groups is 2. The van der Waals surface area contributed by atoms with Crippen molar-refractivity contribution in [3.05, 3.63) is 120 Å². The Morgan fingerprint density at radius 2 is 1.27 bits per heavy atom. The van der Waals surface area contributed by atoms with Crippen LogP contribution in [0.15, 0.2) is 97.8 Å². The maximum Gasteiger partial charge on any atom is 0.476 e. The highest BCUT2D eigenvalue weighted by Gasteiger charge is 2.61. The van der Waals surface area contributed by atoms with Crippen molar-refractivity contribution in [2.75, 3.05) is 66.7 Å². The lowest BCUT2D eigenvalue weighted by atomic mass is 9.52. The van der Waals surface area contributed by atoms with Crippen molar-refractivity contribution >= 4 is 37.2 Å². The summed E-state index contributed by atoms with van der Waals surface area (Å²) in [5.41, 5.74) is 2.30. The van der Waals surface area contributed by atoms with Gasteiger partial charge in [-0.1, -0.05) is 94.8 Å². The molecule has 2 aliphatic heterocycles. The standard InChI is InChI=1S/C25H35BN4O4.C20H26BN3O4.C5H13NO2/c1-19(2)15-21(26-30(3,11-13-33-26)12-14-34-26)17-24(31)22(16-20-7-5-4-6-8-20)29-25(32)23-18-27-9-10-28-23;1-14(2)10-19(21(27)28)24-20(26)16(11-15-6-4-3-5-7-15)12-18(25)17-13-22-8-9-23-17;1-6(2-4-7)3-5-8/h4-10,18-19,21-22H,11-17H2,1-3H3,(H,29,32);3-9,13-14,16,19,27-28H,10-12H2,1-2H3,(H,24,26);7-8H,2-5H2,1H3/t21-,22+,26?,30?;16-,19+;/m11./s1. The fourth-order valence-electron chi connectivity index (χ4n) is 9.12. The molecule has 2 fully saturated rings. The summed E-state index contributed by atoms with van der Waals surface area (Å²) in [6, 6.07) is 18.5. The molecule has 380 valence electrons. The summed E-state index contributed by atoms with van der Waals surface area (Å²) >= 11 is 0. The largest absolute Gasteiger partial charge is 0.509 e. The number of fused-ring (bicyclic) bond motifs is 1. The van der Waals surface area contributed by atoms with E-state index in [-0.39, 0.29) is 60.2 Å². The molecule has 4 atom stereocenters. The van der Waals surface area contributed by atoms with Crippen LogP contribution in [-0.4, -0.2) is 165 Å². The highest BCUT2D eigenvalue weighted by Crippen LogP contribution is 2.45. The lowest BCUT2D eigenvalue weighted by Crippen LogP contribution is -2.63. The molecule has 18 nitrogen and oxygen atoms in total. The quantitative estimate of drug-likeness (QED) is 0.0437. The van der Waals surface area contributed by atoms with Crippen molar-refractivity contribution in [2.45, 2.75) is 84.0 Å². The van der Waals surface area contributed by atoms with Gasteiger partial charge in [0, 0.05) is 57.3 Å². The van der Waals surface area contributed by atoms with E-state index in [0.29, 0.717) is 57.9 Å². The van der Waals surface area contributed by atoms with Crippen molar-refractivity contribution in [3.63, 3.8) is 0 Å². The van der Waals surface area contributed by atoms with Gasteiger partial charge < -0.3 is 49.5 Å². The van der Waals surface area contributed by atoms with Crippen molar-refractivity contribution < 1.29 is 53.1 Å². The van der Waals surface area contributed by atoms with E-state index >= 15 is 0 Å². The maximum absolute atomic E-state index is 13.8. The molecule has 0 unspecified atom stereocenters. The second-order valence-electron chi connectivity index (χ2n) is 19.3. The van der Waals surface area contributed by atoms with Crippen LogP contribution in [0.2, 0.25) is 5.82 Å². The SMILES string of the molecule is CC(C)C[C@H](CC(=O)[C@H](Cc1ccccc1)NC(=O)c1cnccn1)[B-]12OCC[N+]1(C)CCO2.CC(C)C[C@H](NC(=O)[C@@H](CC(=O)c1cnccn1)Cc1ccccc1)B(O)O.CN(CCO)CCO. The molecule has 4 heterocycles. The second kappa shape index (κ2) is 29.1. The van der Waals surface area contributed by atoms with Crippen LogP contribution >= 0.6 is 0 Å². The van der Waals surface area contributed by atoms with Gasteiger partial charge in [-0.05, 0) is 61.5 Å². The summed E-state index contributed by atoms with van der Waals surface area (Å²) in [5.74, 6) is -2.04. The van der Waals surface area contributed by atoms with Crippen LogP contribution in [0.5, 0.6) is 0 Å². The van der Waals surface area contributed by atoms with Crippen molar-refractivity contribution in [1.29, 1.82) is 0 Å². The highest BCUT2D eigenvalue weighted by atomic mass is 16.6. The van der Waals surface area contributed by atoms with Gasteiger partial charge in [0.1, 0.15) is 11.4 Å². The molecular weight excluding hydrogens is 894 g/mol. The van der Waals surface area contributed by atoms with E-state index in [4.69, 9.17) is 19.5 Å². The monoisotopic (exact) mass is 969 g/mol. The Labute approximate surface area is 413 Å². The molecule has 0 saturated carbocycles. The molecule has 6 N–H and O–H groups in total. The number of hydrogen-bond acceptors (Lipinski definition) is 15. The van der Waals surface area contributed by atoms with Gasteiger partial charge >= 0.3 is 13.8 Å². The average Bonchev–Trinajstić information content (AvgIpc) is 3.85. The number of benzene rings is 2. The number of rotatable bonds is 24. The zero-order chi connectivity index (χ0) is 51.1. The summed E-state index contributed by atoms with van der Waals surface area (Å²) in [5, 5.41) is 41.5. The minimum atomic E-state index is -1.67. The Morgan fingerprint density at radius 3 is 1.76 bits per heavy atom. The summed E-state index contributed by atoms with van der Waals surface area (Å²) in [6.07, 6.45) is 10.9. The van der Waals surface area contributed by atoms with E-state index in [1.807, 2.05) is 86.5 Å². The van der Waals surface area contributed by atoms with Gasteiger partial charge in [0.15, 0.2) is 11.6 Å². The molecule has 2 aromatic heterocycles. The number of likely N-dealkylation sites (N-methyl/N-ethyl adjacent to an activating group) is 2. The fourth-order valence-corrected chi connectivity index (χ4v) is 9.12. The van der Waals surface area contributed by atoms with Crippen molar-refractivity contribution in [3.8, 4) is 0 Å². The molecule has 2 aliphatic rings. The Kier molecular flexibility index (Phi) is 23.8. The van der Waals surface area contributed by atoms with E-state index in [0.717, 1.165) is 35.0 Å². The zero-order valence-electron chi connectivity index (χ0n) is 41.7. The first-order chi connectivity index (χ1) is 33.5. The summed E-state index contributed by atoms with van der Waals surface area (Å²) < 4.78 is 13.4. The molecule has 70 heavy (non-hydrogen) atoms. The number of carbonyl (C=O) groups is 4. The summed E-state index contributed by atoms with van der Waals surface area (Å²) in [7, 11) is 2.38. The molecule has 2 amide bonds. The van der Waals surface area contributed by atoms with Crippen LogP contribution in [0.4, 0.5) is 0 Å². The maximum atomic E-state index is 13.8. The first-order valence-electron chi connectivity index (χ1n) is 24.3. The van der Waals surface area contributed by atoms with Crippen LogP contribution in [-0.2, 0) is 31.7 Å². The topological polar surface area (TPSA) is 247 Å². The number of Topliss-reactive ketones (excluding diaryl/α,β-unsaturated/α-hetero) is 2. The number of nitrogens with one attached hydrogen (secondary N) is 2. The van der Waals surface area contributed by atoms with Gasteiger partial charge in [-0.3, -0.25) is 29.1 Å². The number of carbonyl (C=O) groups excluding carboxylic acids is 4.